The molecule has 1 saturated heterocycles. The van der Waals surface area contributed by atoms with Crippen LogP contribution in [0.15, 0.2) is 18.2 Å². The van der Waals surface area contributed by atoms with Gasteiger partial charge in [0.05, 0.1) is 29.6 Å². The van der Waals surface area contributed by atoms with Gasteiger partial charge in [-0.25, -0.2) is 4.39 Å². The fraction of sp³-hybridized carbons (Fsp3) is 0.500. The maximum absolute atomic E-state index is 13.9. The van der Waals surface area contributed by atoms with E-state index in [1.54, 1.807) is 12.1 Å². The first-order chi connectivity index (χ1) is 9.34. The molecule has 0 spiro atoms. The first kappa shape index (κ1) is 14.7. The molecule has 0 aromatic heterocycles. The predicted molar refractivity (Wildman–Crippen MR) is 75.7 cm³/mol. The van der Waals surface area contributed by atoms with Crippen molar-refractivity contribution in [2.24, 2.45) is 5.73 Å². The molecule has 1 aliphatic heterocycles. The molecule has 0 amide bonds. The van der Waals surface area contributed by atoms with Crippen molar-refractivity contribution in [3.63, 3.8) is 0 Å². The van der Waals surface area contributed by atoms with E-state index in [9.17, 15) is 9.50 Å². The lowest BCUT2D eigenvalue weighted by molar-refractivity contribution is -0.101. The molecule has 1 aliphatic rings. The van der Waals surface area contributed by atoms with E-state index in [1.165, 1.54) is 6.07 Å². The van der Waals surface area contributed by atoms with Gasteiger partial charge in [0, 0.05) is 13.1 Å². The number of hydrogen-bond acceptors (Lipinski definition) is 4. The van der Waals surface area contributed by atoms with Crippen molar-refractivity contribution >= 4 is 11.5 Å². The van der Waals surface area contributed by atoms with Gasteiger partial charge in [0.2, 0.25) is 0 Å². The number of hydrogen-bond donors (Lipinski definition) is 3. The number of amidine groups is 1. The highest BCUT2D eigenvalue weighted by Gasteiger charge is 2.34. The summed E-state index contributed by atoms with van der Waals surface area (Å²) in [7, 11) is 0. The summed E-state index contributed by atoms with van der Waals surface area (Å²) in [6.45, 7) is 4.69. The molecule has 1 heterocycles. The maximum Gasteiger partial charge on any atom is 0.136 e. The highest BCUT2D eigenvalue weighted by Crippen LogP contribution is 2.29. The molecule has 110 valence electrons. The second-order valence-electron chi connectivity index (χ2n) is 5.61. The van der Waals surface area contributed by atoms with Gasteiger partial charge >= 0.3 is 0 Å². The smallest absolute Gasteiger partial charge is 0.136 e. The Kier molecular flexibility index (Phi) is 3.96. The van der Waals surface area contributed by atoms with Gasteiger partial charge in [0.1, 0.15) is 11.7 Å². The van der Waals surface area contributed by atoms with Crippen LogP contribution in [0, 0.1) is 11.2 Å². The normalized spacial score (nSPS) is 21.8. The summed E-state index contributed by atoms with van der Waals surface area (Å²) in [6, 6.07) is 4.61. The van der Waals surface area contributed by atoms with Crippen LogP contribution in [0.5, 0.6) is 0 Å². The van der Waals surface area contributed by atoms with Gasteiger partial charge < -0.3 is 20.5 Å². The Morgan fingerprint density at radius 2 is 2.30 bits per heavy atom. The van der Waals surface area contributed by atoms with Crippen molar-refractivity contribution in [2.45, 2.75) is 25.6 Å². The molecule has 1 aromatic rings. The van der Waals surface area contributed by atoms with Gasteiger partial charge in [-0.05, 0) is 26.0 Å². The minimum atomic E-state index is -0.514. The van der Waals surface area contributed by atoms with Crippen LogP contribution in [0.25, 0.3) is 0 Å². The Balaban J connectivity index is 2.40. The van der Waals surface area contributed by atoms with E-state index >= 15 is 0 Å². The van der Waals surface area contributed by atoms with Crippen LogP contribution in [0.4, 0.5) is 10.1 Å². The molecular formula is C14H20FN3O2. The molecule has 1 fully saturated rings. The molecule has 6 heteroatoms. The van der Waals surface area contributed by atoms with Crippen LogP contribution in [0.1, 0.15) is 19.4 Å². The Morgan fingerprint density at radius 1 is 1.60 bits per heavy atom. The molecule has 0 aliphatic carbocycles. The van der Waals surface area contributed by atoms with Gasteiger partial charge in [0.15, 0.2) is 0 Å². The lowest BCUT2D eigenvalue weighted by Gasteiger charge is -2.44. The number of nitrogen functional groups attached to an aromatic ring is 1. The molecule has 1 unspecified atom stereocenters. The van der Waals surface area contributed by atoms with E-state index in [2.05, 4.69) is 0 Å². The minimum Gasteiger partial charge on any atom is -0.394 e. The number of ether oxygens (including phenoxy) is 1. The van der Waals surface area contributed by atoms with E-state index in [-0.39, 0.29) is 24.1 Å². The van der Waals surface area contributed by atoms with E-state index in [1.807, 2.05) is 18.7 Å². The summed E-state index contributed by atoms with van der Waals surface area (Å²) in [5, 5.41) is 16.9. The Labute approximate surface area is 117 Å². The van der Waals surface area contributed by atoms with Gasteiger partial charge in [0.25, 0.3) is 0 Å². The number of nitrogens with one attached hydrogen (secondary N) is 1. The second-order valence-corrected chi connectivity index (χ2v) is 5.61. The highest BCUT2D eigenvalue weighted by molar-refractivity contribution is 6.00. The number of halogens is 1. The second kappa shape index (κ2) is 5.38. The topological polar surface area (TPSA) is 82.6 Å². The zero-order chi connectivity index (χ0) is 14.9. The van der Waals surface area contributed by atoms with Crippen molar-refractivity contribution in [1.29, 1.82) is 5.41 Å². The van der Waals surface area contributed by atoms with Crippen molar-refractivity contribution in [2.75, 3.05) is 24.6 Å². The third kappa shape index (κ3) is 2.91. The lowest BCUT2D eigenvalue weighted by Crippen LogP contribution is -2.54. The number of nitrogens with zero attached hydrogens (tertiary/aromatic N) is 1. The zero-order valence-electron chi connectivity index (χ0n) is 11.7. The highest BCUT2D eigenvalue weighted by atomic mass is 19.1. The van der Waals surface area contributed by atoms with Crippen LogP contribution < -0.4 is 10.6 Å². The summed E-state index contributed by atoms with van der Waals surface area (Å²) < 4.78 is 19.6. The van der Waals surface area contributed by atoms with E-state index in [0.29, 0.717) is 18.8 Å². The molecule has 0 bridgehead atoms. The van der Waals surface area contributed by atoms with Crippen LogP contribution >= 0.6 is 0 Å². The minimum absolute atomic E-state index is 0.0990. The summed E-state index contributed by atoms with van der Waals surface area (Å²) >= 11 is 0. The number of nitrogens with two attached hydrogens (primary N) is 1. The number of aliphatic hydroxyl groups excluding tert-OH is 1. The standard InChI is InChI=1S/C14H20FN3O2/c1-14(2)8-18(6-9(7-19)20-14)11-5-3-4-10(15)12(11)13(16)17/h3-5,9,19H,6-8H2,1-2H3,(H3,16,17). The average Bonchev–Trinajstić information content (AvgIpc) is 2.36. The van der Waals surface area contributed by atoms with Crippen molar-refractivity contribution < 1.29 is 14.2 Å². The van der Waals surface area contributed by atoms with Crippen molar-refractivity contribution in [3.8, 4) is 0 Å². The van der Waals surface area contributed by atoms with Gasteiger partial charge in [-0.1, -0.05) is 6.07 Å². The molecule has 0 saturated carbocycles. The Morgan fingerprint density at radius 3 is 2.90 bits per heavy atom. The Hall–Kier alpha value is -1.66. The molecule has 20 heavy (non-hydrogen) atoms. The Bertz CT molecular complexity index is 519. The van der Waals surface area contributed by atoms with Gasteiger partial charge in [-0.3, -0.25) is 5.41 Å². The summed E-state index contributed by atoms with van der Waals surface area (Å²) in [5.41, 5.74) is 5.69. The van der Waals surface area contributed by atoms with Crippen molar-refractivity contribution in [3.05, 3.63) is 29.6 Å². The van der Waals surface area contributed by atoms with Crippen LogP contribution in [0.3, 0.4) is 0 Å². The average molecular weight is 281 g/mol. The van der Waals surface area contributed by atoms with Gasteiger partial charge in [-0.2, -0.15) is 0 Å². The fourth-order valence-electron chi connectivity index (χ4n) is 2.62. The quantitative estimate of drug-likeness (QED) is 0.572. The zero-order valence-corrected chi connectivity index (χ0v) is 11.7. The van der Waals surface area contributed by atoms with Crippen molar-refractivity contribution in [1.82, 2.24) is 0 Å². The number of aliphatic hydroxyl groups is 1. The third-order valence-corrected chi connectivity index (χ3v) is 3.29. The van der Waals surface area contributed by atoms with E-state index < -0.39 is 11.4 Å². The summed E-state index contributed by atoms with van der Waals surface area (Å²) in [6.07, 6.45) is -0.346. The first-order valence-corrected chi connectivity index (χ1v) is 6.50. The van der Waals surface area contributed by atoms with E-state index in [0.717, 1.165) is 0 Å². The predicted octanol–water partition coefficient (Wildman–Crippen LogP) is 1.09. The van der Waals surface area contributed by atoms with Crippen LogP contribution in [-0.2, 0) is 4.74 Å². The fourth-order valence-corrected chi connectivity index (χ4v) is 2.62. The summed E-state index contributed by atoms with van der Waals surface area (Å²) in [5.74, 6) is -0.817. The number of benzene rings is 1. The molecule has 1 atom stereocenters. The third-order valence-electron chi connectivity index (χ3n) is 3.29. The summed E-state index contributed by atoms with van der Waals surface area (Å²) in [4.78, 5) is 1.91. The largest absolute Gasteiger partial charge is 0.394 e. The number of rotatable bonds is 3. The van der Waals surface area contributed by atoms with Crippen LogP contribution in [-0.4, -0.2) is 42.3 Å². The molecular weight excluding hydrogens is 261 g/mol. The molecule has 2 rings (SSSR count). The SMILES string of the molecule is CC1(C)CN(c2cccc(F)c2C(=N)N)CC(CO)O1. The monoisotopic (exact) mass is 281 g/mol. The number of morpholine rings is 1. The molecule has 5 nitrogen and oxygen atoms in total. The first-order valence-electron chi connectivity index (χ1n) is 6.50. The molecule has 0 radical (unpaired) electrons. The molecule has 1 aromatic carbocycles. The number of anilines is 1. The van der Waals surface area contributed by atoms with E-state index in [4.69, 9.17) is 15.9 Å². The maximum atomic E-state index is 13.9. The van der Waals surface area contributed by atoms with Crippen LogP contribution in [0.2, 0.25) is 0 Å². The van der Waals surface area contributed by atoms with Gasteiger partial charge in [-0.15, -0.1) is 0 Å². The molecule has 4 N–H and O–H groups in total. The lowest BCUT2D eigenvalue weighted by atomic mass is 10.0.